The first kappa shape index (κ1) is 15.4. The summed E-state index contributed by atoms with van der Waals surface area (Å²) in [7, 11) is 1.64. The Kier molecular flexibility index (Phi) is 5.28. The number of nitrogens with one attached hydrogen (secondary N) is 1. The molecule has 0 aliphatic carbocycles. The molecule has 110 valence electrons. The number of carbonyl (C=O) groups is 1. The van der Waals surface area contributed by atoms with E-state index in [-0.39, 0.29) is 5.91 Å². The SMILES string of the molecule is COc1ccc(SCC(=O)Nc2ccc(C)cc2C)cc1. The normalized spacial score (nSPS) is 10.2. The topological polar surface area (TPSA) is 38.3 Å². The number of benzene rings is 2. The lowest BCUT2D eigenvalue weighted by Crippen LogP contribution is -2.14. The van der Waals surface area contributed by atoms with Gasteiger partial charge in [0.05, 0.1) is 12.9 Å². The largest absolute Gasteiger partial charge is 0.497 e. The van der Waals surface area contributed by atoms with Crippen molar-refractivity contribution in [2.24, 2.45) is 0 Å². The predicted octanol–water partition coefficient (Wildman–Crippen LogP) is 4.04. The van der Waals surface area contributed by atoms with Crippen molar-refractivity contribution in [3.05, 3.63) is 53.6 Å². The van der Waals surface area contributed by atoms with E-state index in [0.29, 0.717) is 5.75 Å². The number of anilines is 1. The van der Waals surface area contributed by atoms with E-state index in [0.717, 1.165) is 21.9 Å². The molecule has 3 nitrogen and oxygen atoms in total. The summed E-state index contributed by atoms with van der Waals surface area (Å²) in [6.07, 6.45) is 0. The lowest BCUT2D eigenvalue weighted by Gasteiger charge is -2.09. The van der Waals surface area contributed by atoms with E-state index in [1.807, 2.05) is 50.2 Å². The lowest BCUT2D eigenvalue weighted by molar-refractivity contribution is -0.113. The summed E-state index contributed by atoms with van der Waals surface area (Å²) >= 11 is 1.51. The fourth-order valence-electron chi connectivity index (χ4n) is 1.96. The molecule has 0 aromatic heterocycles. The predicted molar refractivity (Wildman–Crippen MR) is 88.3 cm³/mol. The third-order valence-electron chi connectivity index (χ3n) is 3.09. The monoisotopic (exact) mass is 301 g/mol. The average Bonchev–Trinajstić information content (AvgIpc) is 2.48. The summed E-state index contributed by atoms with van der Waals surface area (Å²) in [5, 5.41) is 2.95. The van der Waals surface area contributed by atoms with Gasteiger partial charge in [0.2, 0.25) is 5.91 Å². The van der Waals surface area contributed by atoms with Crippen molar-refractivity contribution in [3.63, 3.8) is 0 Å². The molecule has 0 atom stereocenters. The number of ether oxygens (including phenoxy) is 1. The summed E-state index contributed by atoms with van der Waals surface area (Å²) in [6, 6.07) is 13.7. The highest BCUT2D eigenvalue weighted by Crippen LogP contribution is 2.22. The van der Waals surface area contributed by atoms with Gasteiger partial charge in [0.1, 0.15) is 5.75 Å². The molecule has 0 saturated carbocycles. The van der Waals surface area contributed by atoms with Gasteiger partial charge in [-0.25, -0.2) is 0 Å². The maximum Gasteiger partial charge on any atom is 0.234 e. The fourth-order valence-corrected chi connectivity index (χ4v) is 2.66. The molecule has 0 aliphatic rings. The maximum atomic E-state index is 12.0. The molecular weight excluding hydrogens is 282 g/mol. The molecule has 1 amide bonds. The molecular formula is C17H19NO2S. The minimum Gasteiger partial charge on any atom is -0.497 e. The Hall–Kier alpha value is -1.94. The van der Waals surface area contributed by atoms with Crippen LogP contribution in [0.3, 0.4) is 0 Å². The van der Waals surface area contributed by atoms with Crippen LogP contribution in [-0.4, -0.2) is 18.8 Å². The average molecular weight is 301 g/mol. The Labute approximate surface area is 129 Å². The molecule has 4 heteroatoms. The zero-order chi connectivity index (χ0) is 15.2. The molecule has 0 radical (unpaired) electrons. The Balaban J connectivity index is 1.89. The smallest absolute Gasteiger partial charge is 0.234 e. The molecule has 2 aromatic carbocycles. The highest BCUT2D eigenvalue weighted by Gasteiger charge is 2.06. The van der Waals surface area contributed by atoms with E-state index >= 15 is 0 Å². The van der Waals surface area contributed by atoms with Gasteiger partial charge in [0.25, 0.3) is 0 Å². The van der Waals surface area contributed by atoms with Crippen molar-refractivity contribution in [1.82, 2.24) is 0 Å². The van der Waals surface area contributed by atoms with E-state index in [1.165, 1.54) is 17.3 Å². The van der Waals surface area contributed by atoms with Crippen LogP contribution in [0.5, 0.6) is 5.75 Å². The van der Waals surface area contributed by atoms with E-state index in [4.69, 9.17) is 4.74 Å². The lowest BCUT2D eigenvalue weighted by atomic mass is 10.1. The van der Waals surface area contributed by atoms with E-state index < -0.39 is 0 Å². The van der Waals surface area contributed by atoms with Crippen LogP contribution in [-0.2, 0) is 4.79 Å². The maximum absolute atomic E-state index is 12.0. The molecule has 2 rings (SSSR count). The van der Waals surface area contributed by atoms with Crippen LogP contribution in [0.15, 0.2) is 47.4 Å². The van der Waals surface area contributed by atoms with Gasteiger partial charge in [0.15, 0.2) is 0 Å². The number of amides is 1. The first-order valence-electron chi connectivity index (χ1n) is 6.72. The zero-order valence-electron chi connectivity index (χ0n) is 12.5. The van der Waals surface area contributed by atoms with Crippen LogP contribution in [0.25, 0.3) is 0 Å². The Morgan fingerprint density at radius 2 is 1.86 bits per heavy atom. The van der Waals surface area contributed by atoms with Gasteiger partial charge in [-0.05, 0) is 49.7 Å². The molecule has 0 fully saturated rings. The highest BCUT2D eigenvalue weighted by molar-refractivity contribution is 8.00. The number of aryl methyl sites for hydroxylation is 2. The van der Waals surface area contributed by atoms with Crippen molar-refractivity contribution < 1.29 is 9.53 Å². The first-order valence-corrected chi connectivity index (χ1v) is 7.71. The standard InChI is InChI=1S/C17H19NO2S/c1-12-4-9-16(13(2)10-12)18-17(19)11-21-15-7-5-14(20-3)6-8-15/h4-10H,11H2,1-3H3,(H,18,19). The Bertz CT molecular complexity index is 623. The summed E-state index contributed by atoms with van der Waals surface area (Å²) in [4.78, 5) is 13.0. The van der Waals surface area contributed by atoms with Crippen molar-refractivity contribution >= 4 is 23.4 Å². The first-order chi connectivity index (χ1) is 10.1. The summed E-state index contributed by atoms with van der Waals surface area (Å²) in [5.74, 6) is 1.21. The minimum absolute atomic E-state index is 0.00257. The number of methoxy groups -OCH3 is 1. The van der Waals surface area contributed by atoms with Crippen molar-refractivity contribution in [2.75, 3.05) is 18.2 Å². The number of hydrogen-bond donors (Lipinski definition) is 1. The second-order valence-electron chi connectivity index (χ2n) is 4.83. The van der Waals surface area contributed by atoms with Crippen molar-refractivity contribution in [2.45, 2.75) is 18.7 Å². The van der Waals surface area contributed by atoms with Crippen molar-refractivity contribution in [1.29, 1.82) is 0 Å². The van der Waals surface area contributed by atoms with Crippen LogP contribution in [0.2, 0.25) is 0 Å². The molecule has 0 heterocycles. The summed E-state index contributed by atoms with van der Waals surface area (Å²) in [6.45, 7) is 4.04. The van der Waals surface area contributed by atoms with E-state index in [1.54, 1.807) is 7.11 Å². The third-order valence-corrected chi connectivity index (χ3v) is 4.10. The Morgan fingerprint density at radius 3 is 2.48 bits per heavy atom. The number of rotatable bonds is 5. The molecule has 0 unspecified atom stereocenters. The molecule has 2 aromatic rings. The number of carbonyl (C=O) groups excluding carboxylic acids is 1. The second-order valence-corrected chi connectivity index (χ2v) is 5.88. The van der Waals surface area contributed by atoms with Crippen LogP contribution >= 0.6 is 11.8 Å². The van der Waals surface area contributed by atoms with E-state index in [9.17, 15) is 4.79 Å². The molecule has 0 aliphatic heterocycles. The van der Waals surface area contributed by atoms with Crippen LogP contribution < -0.4 is 10.1 Å². The molecule has 0 bridgehead atoms. The molecule has 1 N–H and O–H groups in total. The number of hydrogen-bond acceptors (Lipinski definition) is 3. The zero-order valence-corrected chi connectivity index (χ0v) is 13.3. The Morgan fingerprint density at radius 1 is 1.14 bits per heavy atom. The van der Waals surface area contributed by atoms with Gasteiger partial charge >= 0.3 is 0 Å². The molecule has 0 spiro atoms. The quantitative estimate of drug-likeness (QED) is 0.847. The third kappa shape index (κ3) is 4.53. The molecule has 21 heavy (non-hydrogen) atoms. The van der Waals surface area contributed by atoms with Gasteiger partial charge in [-0.15, -0.1) is 11.8 Å². The summed E-state index contributed by atoms with van der Waals surface area (Å²) < 4.78 is 5.11. The van der Waals surface area contributed by atoms with Gasteiger partial charge in [-0.2, -0.15) is 0 Å². The van der Waals surface area contributed by atoms with Crippen LogP contribution in [0.4, 0.5) is 5.69 Å². The van der Waals surface area contributed by atoms with Crippen molar-refractivity contribution in [3.8, 4) is 5.75 Å². The molecule has 0 saturated heterocycles. The second kappa shape index (κ2) is 7.18. The van der Waals surface area contributed by atoms with Gasteiger partial charge < -0.3 is 10.1 Å². The van der Waals surface area contributed by atoms with Gasteiger partial charge in [0, 0.05) is 10.6 Å². The van der Waals surface area contributed by atoms with Gasteiger partial charge in [-0.1, -0.05) is 17.7 Å². The minimum atomic E-state index is 0.00257. The highest BCUT2D eigenvalue weighted by atomic mass is 32.2. The fraction of sp³-hybridized carbons (Fsp3) is 0.235. The van der Waals surface area contributed by atoms with Crippen LogP contribution in [0.1, 0.15) is 11.1 Å². The van der Waals surface area contributed by atoms with E-state index in [2.05, 4.69) is 11.4 Å². The van der Waals surface area contributed by atoms with Crippen LogP contribution in [0, 0.1) is 13.8 Å². The number of thioether (sulfide) groups is 1. The summed E-state index contributed by atoms with van der Waals surface area (Å²) in [5.41, 5.74) is 3.15. The van der Waals surface area contributed by atoms with Gasteiger partial charge in [-0.3, -0.25) is 4.79 Å².